The SMILES string of the molecule is CC[C@@H](C)N(C(=O)CSc1nc2ccccc2n1CCC(C)C)[C@H]1CCS(=O)(=O)C1. The van der Waals surface area contributed by atoms with E-state index in [-0.39, 0.29) is 35.2 Å². The highest BCUT2D eigenvalue weighted by atomic mass is 32.2. The number of hydrogen-bond donors (Lipinski definition) is 0. The first-order chi connectivity index (χ1) is 14.2. The number of para-hydroxylation sites is 2. The van der Waals surface area contributed by atoms with Crippen LogP contribution >= 0.6 is 11.8 Å². The van der Waals surface area contributed by atoms with Gasteiger partial charge >= 0.3 is 0 Å². The molecule has 3 rings (SSSR count). The Morgan fingerprint density at radius 1 is 1.30 bits per heavy atom. The second-order valence-electron chi connectivity index (χ2n) is 8.62. The first kappa shape index (κ1) is 23.1. The molecule has 2 heterocycles. The number of aryl methyl sites for hydroxylation is 1. The van der Waals surface area contributed by atoms with Crippen LogP contribution in [0.15, 0.2) is 29.4 Å². The Labute approximate surface area is 184 Å². The Bertz CT molecular complexity index is 985. The van der Waals surface area contributed by atoms with Gasteiger partial charge in [0.05, 0.1) is 28.3 Å². The molecule has 1 fully saturated rings. The average molecular weight is 452 g/mol. The van der Waals surface area contributed by atoms with Crippen molar-refractivity contribution in [2.24, 2.45) is 5.92 Å². The van der Waals surface area contributed by atoms with Crippen LogP contribution in [0.2, 0.25) is 0 Å². The van der Waals surface area contributed by atoms with E-state index in [1.54, 1.807) is 0 Å². The molecular formula is C22H33N3O3S2. The second-order valence-corrected chi connectivity index (χ2v) is 11.8. The van der Waals surface area contributed by atoms with E-state index in [2.05, 4.69) is 24.5 Å². The molecule has 2 atom stereocenters. The number of benzene rings is 1. The van der Waals surface area contributed by atoms with Gasteiger partial charge < -0.3 is 9.47 Å². The van der Waals surface area contributed by atoms with Gasteiger partial charge in [-0.15, -0.1) is 0 Å². The van der Waals surface area contributed by atoms with Crippen molar-refractivity contribution < 1.29 is 13.2 Å². The third-order valence-corrected chi connectivity index (χ3v) is 8.54. The van der Waals surface area contributed by atoms with Crippen LogP contribution in [-0.2, 0) is 21.2 Å². The fraction of sp³-hybridized carbons (Fsp3) is 0.636. The van der Waals surface area contributed by atoms with Gasteiger partial charge in [-0.05, 0) is 44.2 Å². The third kappa shape index (κ3) is 5.38. The summed E-state index contributed by atoms with van der Waals surface area (Å²) < 4.78 is 26.2. The molecule has 1 aromatic heterocycles. The van der Waals surface area contributed by atoms with E-state index in [1.807, 2.05) is 36.9 Å². The van der Waals surface area contributed by atoms with Gasteiger partial charge in [0.15, 0.2) is 15.0 Å². The number of carbonyl (C=O) groups excluding carboxylic acids is 1. The molecule has 0 N–H and O–H groups in total. The second kappa shape index (κ2) is 9.73. The summed E-state index contributed by atoms with van der Waals surface area (Å²) >= 11 is 1.46. The summed E-state index contributed by atoms with van der Waals surface area (Å²) in [5.74, 6) is 1.11. The molecule has 0 spiro atoms. The fourth-order valence-electron chi connectivity index (χ4n) is 3.97. The zero-order chi connectivity index (χ0) is 21.9. The highest BCUT2D eigenvalue weighted by Gasteiger charge is 2.36. The lowest BCUT2D eigenvalue weighted by Gasteiger charge is -2.33. The number of hydrogen-bond acceptors (Lipinski definition) is 5. The van der Waals surface area contributed by atoms with Crippen molar-refractivity contribution in [1.29, 1.82) is 0 Å². The predicted molar refractivity (Wildman–Crippen MR) is 124 cm³/mol. The van der Waals surface area contributed by atoms with Gasteiger partial charge in [0.25, 0.3) is 0 Å². The normalized spacial score (nSPS) is 19.4. The molecule has 2 aromatic rings. The molecule has 1 aliphatic heterocycles. The Morgan fingerprint density at radius 3 is 2.67 bits per heavy atom. The number of rotatable bonds is 9. The summed E-state index contributed by atoms with van der Waals surface area (Å²) in [5, 5.41) is 0.855. The molecule has 1 aliphatic rings. The topological polar surface area (TPSA) is 72.3 Å². The minimum absolute atomic E-state index is 0.00100. The highest BCUT2D eigenvalue weighted by Crippen LogP contribution is 2.27. The maximum absolute atomic E-state index is 13.2. The molecule has 6 nitrogen and oxygen atoms in total. The number of aromatic nitrogens is 2. The lowest BCUT2D eigenvalue weighted by molar-refractivity contribution is -0.132. The Balaban J connectivity index is 1.78. The Morgan fingerprint density at radius 2 is 2.03 bits per heavy atom. The number of sulfone groups is 1. The maximum Gasteiger partial charge on any atom is 0.233 e. The number of fused-ring (bicyclic) bond motifs is 1. The van der Waals surface area contributed by atoms with E-state index in [1.165, 1.54) is 11.8 Å². The maximum atomic E-state index is 13.2. The predicted octanol–water partition coefficient (Wildman–Crippen LogP) is 3.99. The van der Waals surface area contributed by atoms with E-state index in [0.717, 1.165) is 35.6 Å². The number of imidazole rings is 1. The van der Waals surface area contributed by atoms with E-state index in [0.29, 0.717) is 12.3 Å². The van der Waals surface area contributed by atoms with Crippen molar-refractivity contribution in [2.75, 3.05) is 17.3 Å². The molecule has 30 heavy (non-hydrogen) atoms. The zero-order valence-electron chi connectivity index (χ0n) is 18.4. The largest absolute Gasteiger partial charge is 0.335 e. The molecule has 0 bridgehead atoms. The molecule has 166 valence electrons. The van der Waals surface area contributed by atoms with Crippen molar-refractivity contribution in [1.82, 2.24) is 14.5 Å². The van der Waals surface area contributed by atoms with Gasteiger partial charge in [-0.2, -0.15) is 0 Å². The lowest BCUT2D eigenvalue weighted by atomic mass is 10.1. The number of nitrogens with zero attached hydrogens (tertiary/aromatic N) is 3. The van der Waals surface area contributed by atoms with Gasteiger partial charge in [-0.25, -0.2) is 13.4 Å². The van der Waals surface area contributed by atoms with Crippen LogP contribution in [0.3, 0.4) is 0 Å². The van der Waals surface area contributed by atoms with Crippen molar-refractivity contribution >= 4 is 38.5 Å². The molecule has 0 saturated carbocycles. The molecule has 1 amide bonds. The van der Waals surface area contributed by atoms with Crippen LogP contribution in [0.4, 0.5) is 0 Å². The quantitative estimate of drug-likeness (QED) is 0.539. The number of amides is 1. The molecular weight excluding hydrogens is 418 g/mol. The van der Waals surface area contributed by atoms with Crippen LogP contribution in [0.5, 0.6) is 0 Å². The molecule has 8 heteroatoms. The Hall–Kier alpha value is -1.54. The van der Waals surface area contributed by atoms with Crippen LogP contribution in [0.1, 0.15) is 47.0 Å². The zero-order valence-corrected chi connectivity index (χ0v) is 20.0. The van der Waals surface area contributed by atoms with Gasteiger partial charge in [-0.1, -0.05) is 44.7 Å². The van der Waals surface area contributed by atoms with Crippen molar-refractivity contribution in [2.45, 2.75) is 70.7 Å². The number of thioether (sulfide) groups is 1. The van der Waals surface area contributed by atoms with Crippen LogP contribution in [0, 0.1) is 5.92 Å². The minimum Gasteiger partial charge on any atom is -0.335 e. The van der Waals surface area contributed by atoms with Crippen LogP contribution in [0.25, 0.3) is 11.0 Å². The van der Waals surface area contributed by atoms with Gasteiger partial charge in [-0.3, -0.25) is 4.79 Å². The first-order valence-electron chi connectivity index (χ1n) is 10.8. The molecule has 1 aromatic carbocycles. The molecule has 0 aliphatic carbocycles. The monoisotopic (exact) mass is 451 g/mol. The van der Waals surface area contributed by atoms with Crippen molar-refractivity contribution in [3.05, 3.63) is 24.3 Å². The minimum atomic E-state index is -3.04. The van der Waals surface area contributed by atoms with Gasteiger partial charge in [0.1, 0.15) is 0 Å². The standard InChI is InChI=1S/C22H33N3O3S2/c1-5-17(4)25(18-11-13-30(27,28)15-18)21(26)14-29-22-23-19-8-6-7-9-20(19)24(22)12-10-16(2)3/h6-9,16-18H,5,10-15H2,1-4H3/t17-,18+/m1/s1. The summed E-state index contributed by atoms with van der Waals surface area (Å²) in [7, 11) is -3.04. The summed E-state index contributed by atoms with van der Waals surface area (Å²) in [6.07, 6.45) is 2.39. The van der Waals surface area contributed by atoms with E-state index in [4.69, 9.17) is 4.98 Å². The van der Waals surface area contributed by atoms with Crippen LogP contribution in [-0.4, -0.2) is 58.1 Å². The first-order valence-corrected chi connectivity index (χ1v) is 13.6. The number of carbonyl (C=O) groups is 1. The van der Waals surface area contributed by atoms with E-state index < -0.39 is 9.84 Å². The van der Waals surface area contributed by atoms with Crippen molar-refractivity contribution in [3.8, 4) is 0 Å². The summed E-state index contributed by atoms with van der Waals surface area (Å²) in [4.78, 5) is 19.8. The van der Waals surface area contributed by atoms with E-state index in [9.17, 15) is 13.2 Å². The summed E-state index contributed by atoms with van der Waals surface area (Å²) in [6.45, 7) is 9.31. The molecule has 1 saturated heterocycles. The fourth-order valence-corrected chi connectivity index (χ4v) is 6.59. The third-order valence-electron chi connectivity index (χ3n) is 5.83. The highest BCUT2D eigenvalue weighted by molar-refractivity contribution is 7.99. The van der Waals surface area contributed by atoms with Crippen molar-refractivity contribution in [3.63, 3.8) is 0 Å². The molecule has 0 unspecified atom stereocenters. The van der Waals surface area contributed by atoms with Crippen LogP contribution < -0.4 is 0 Å². The van der Waals surface area contributed by atoms with Gasteiger partial charge in [0, 0.05) is 18.6 Å². The lowest BCUT2D eigenvalue weighted by Crippen LogP contribution is -2.47. The Kier molecular flexibility index (Phi) is 7.50. The summed E-state index contributed by atoms with van der Waals surface area (Å²) in [6, 6.07) is 7.88. The molecule has 0 radical (unpaired) electrons. The smallest absolute Gasteiger partial charge is 0.233 e. The average Bonchev–Trinajstić information content (AvgIpc) is 3.23. The van der Waals surface area contributed by atoms with E-state index >= 15 is 0 Å². The van der Waals surface area contributed by atoms with Gasteiger partial charge in [0.2, 0.25) is 5.91 Å². The summed E-state index contributed by atoms with van der Waals surface area (Å²) in [5.41, 5.74) is 2.03.